The van der Waals surface area contributed by atoms with E-state index < -0.39 is 0 Å². The molecule has 0 aliphatic carbocycles. The second-order valence-corrected chi connectivity index (χ2v) is 8.06. The first-order valence-electron chi connectivity index (χ1n) is 10.5. The summed E-state index contributed by atoms with van der Waals surface area (Å²) in [5.74, 6) is -0.237. The Morgan fingerprint density at radius 2 is 1.87 bits per heavy atom. The lowest BCUT2D eigenvalue weighted by atomic mass is 10.1. The molecule has 1 saturated heterocycles. The lowest BCUT2D eigenvalue weighted by molar-refractivity contribution is -0.136. The van der Waals surface area contributed by atoms with E-state index in [1.165, 1.54) is 23.4 Å². The Balaban J connectivity index is 1.60. The first kappa shape index (κ1) is 22.2. The molecular formula is C24H32FN3O2. The number of methoxy groups -OCH3 is 1. The molecule has 1 unspecified atom stereocenters. The molecular weight excluding hydrogens is 381 g/mol. The number of halogens is 1. The summed E-state index contributed by atoms with van der Waals surface area (Å²) in [5.41, 5.74) is 3.28. The zero-order chi connectivity index (χ0) is 21.5. The molecule has 1 atom stereocenters. The molecule has 0 aromatic heterocycles. The van der Waals surface area contributed by atoms with Crippen molar-refractivity contribution in [3.8, 4) is 0 Å². The summed E-state index contributed by atoms with van der Waals surface area (Å²) >= 11 is 0. The van der Waals surface area contributed by atoms with Crippen LogP contribution in [0.25, 0.3) is 0 Å². The van der Waals surface area contributed by atoms with Crippen molar-refractivity contribution in [1.29, 1.82) is 0 Å². The quantitative estimate of drug-likeness (QED) is 0.665. The van der Waals surface area contributed by atoms with Crippen LogP contribution in [0.1, 0.15) is 18.1 Å². The molecule has 2 aromatic rings. The van der Waals surface area contributed by atoms with E-state index in [1.807, 2.05) is 13.0 Å². The van der Waals surface area contributed by atoms with E-state index in [1.54, 1.807) is 18.1 Å². The van der Waals surface area contributed by atoms with Crippen molar-refractivity contribution in [3.63, 3.8) is 0 Å². The molecule has 0 N–H and O–H groups in total. The first-order chi connectivity index (χ1) is 14.5. The number of nitrogens with zero attached hydrogens (tertiary/aromatic N) is 3. The molecule has 0 saturated carbocycles. The summed E-state index contributed by atoms with van der Waals surface area (Å²) < 4.78 is 18.9. The highest BCUT2D eigenvalue weighted by molar-refractivity contribution is 5.78. The van der Waals surface area contributed by atoms with E-state index in [4.69, 9.17) is 4.74 Å². The van der Waals surface area contributed by atoms with E-state index in [0.29, 0.717) is 19.7 Å². The number of hydrogen-bond acceptors (Lipinski definition) is 4. The number of rotatable bonds is 8. The predicted octanol–water partition coefficient (Wildman–Crippen LogP) is 3.32. The highest BCUT2D eigenvalue weighted by Crippen LogP contribution is 2.18. The van der Waals surface area contributed by atoms with Crippen LogP contribution in [0.4, 0.5) is 10.1 Å². The van der Waals surface area contributed by atoms with Crippen LogP contribution in [0.15, 0.2) is 48.5 Å². The van der Waals surface area contributed by atoms with Crippen molar-refractivity contribution in [1.82, 2.24) is 9.80 Å². The van der Waals surface area contributed by atoms with Crippen LogP contribution in [-0.2, 0) is 16.1 Å². The Morgan fingerprint density at radius 3 is 2.53 bits per heavy atom. The number of anilines is 1. The monoisotopic (exact) mass is 413 g/mol. The largest absolute Gasteiger partial charge is 0.383 e. The summed E-state index contributed by atoms with van der Waals surface area (Å²) in [4.78, 5) is 19.5. The fourth-order valence-corrected chi connectivity index (χ4v) is 3.92. The molecule has 0 radical (unpaired) electrons. The van der Waals surface area contributed by atoms with E-state index in [9.17, 15) is 9.18 Å². The van der Waals surface area contributed by atoms with Gasteiger partial charge in [-0.1, -0.05) is 24.3 Å². The van der Waals surface area contributed by atoms with Crippen molar-refractivity contribution in [3.05, 3.63) is 65.5 Å². The Kier molecular flexibility index (Phi) is 7.82. The zero-order valence-electron chi connectivity index (χ0n) is 18.2. The van der Waals surface area contributed by atoms with Crippen LogP contribution in [0, 0.1) is 12.7 Å². The number of hydrogen-bond donors (Lipinski definition) is 0. The molecule has 0 spiro atoms. The average molecular weight is 414 g/mol. The first-order valence-corrected chi connectivity index (χ1v) is 10.5. The van der Waals surface area contributed by atoms with Gasteiger partial charge in [-0.2, -0.15) is 0 Å². The minimum absolute atomic E-state index is 0.0489. The van der Waals surface area contributed by atoms with Gasteiger partial charge in [-0.25, -0.2) is 4.39 Å². The van der Waals surface area contributed by atoms with E-state index in [-0.39, 0.29) is 17.8 Å². The molecule has 162 valence electrons. The molecule has 0 bridgehead atoms. The van der Waals surface area contributed by atoms with Crippen LogP contribution < -0.4 is 4.90 Å². The van der Waals surface area contributed by atoms with E-state index in [0.717, 1.165) is 31.7 Å². The van der Waals surface area contributed by atoms with Crippen LogP contribution in [-0.4, -0.2) is 68.2 Å². The van der Waals surface area contributed by atoms with Gasteiger partial charge in [-0.05, 0) is 49.2 Å². The second kappa shape index (κ2) is 10.5. The zero-order valence-corrected chi connectivity index (χ0v) is 18.2. The molecule has 1 amide bonds. The summed E-state index contributed by atoms with van der Waals surface area (Å²) in [5, 5.41) is 0. The Morgan fingerprint density at radius 1 is 1.13 bits per heavy atom. The maximum absolute atomic E-state index is 13.6. The third-order valence-electron chi connectivity index (χ3n) is 5.60. The topological polar surface area (TPSA) is 36.0 Å². The number of benzene rings is 2. The molecule has 30 heavy (non-hydrogen) atoms. The van der Waals surface area contributed by atoms with Crippen molar-refractivity contribution in [2.45, 2.75) is 26.4 Å². The third-order valence-corrected chi connectivity index (χ3v) is 5.60. The number of aryl methyl sites for hydroxylation is 1. The van der Waals surface area contributed by atoms with Crippen molar-refractivity contribution < 1.29 is 13.9 Å². The molecule has 6 heteroatoms. The van der Waals surface area contributed by atoms with Gasteiger partial charge in [-0.15, -0.1) is 0 Å². The second-order valence-electron chi connectivity index (χ2n) is 8.06. The Bertz CT molecular complexity index is 837. The summed E-state index contributed by atoms with van der Waals surface area (Å²) in [6.07, 6.45) is 0. The fourth-order valence-electron chi connectivity index (χ4n) is 3.92. The highest BCUT2D eigenvalue weighted by Gasteiger charge is 2.25. The molecule has 1 aliphatic rings. The maximum atomic E-state index is 13.6. The van der Waals surface area contributed by atoms with Gasteiger partial charge in [0, 0.05) is 45.5 Å². The number of carbonyl (C=O) groups is 1. The van der Waals surface area contributed by atoms with Gasteiger partial charge in [0.2, 0.25) is 5.91 Å². The fraction of sp³-hybridized carbons (Fsp3) is 0.458. The summed E-state index contributed by atoms with van der Waals surface area (Å²) in [6, 6.07) is 14.9. The summed E-state index contributed by atoms with van der Waals surface area (Å²) in [7, 11) is 1.63. The minimum Gasteiger partial charge on any atom is -0.383 e. The molecule has 1 heterocycles. The van der Waals surface area contributed by atoms with Crippen LogP contribution >= 0.6 is 0 Å². The van der Waals surface area contributed by atoms with Crippen molar-refractivity contribution >= 4 is 11.6 Å². The van der Waals surface area contributed by atoms with Gasteiger partial charge in [0.15, 0.2) is 0 Å². The molecule has 2 aromatic carbocycles. The lowest BCUT2D eigenvalue weighted by Crippen LogP contribution is -2.51. The van der Waals surface area contributed by atoms with Gasteiger partial charge in [-0.3, -0.25) is 9.69 Å². The van der Waals surface area contributed by atoms with E-state index in [2.05, 4.69) is 41.0 Å². The van der Waals surface area contributed by atoms with Crippen LogP contribution in [0.3, 0.4) is 0 Å². The van der Waals surface area contributed by atoms with Gasteiger partial charge >= 0.3 is 0 Å². The average Bonchev–Trinajstić information content (AvgIpc) is 2.72. The normalized spacial score (nSPS) is 15.8. The number of amides is 1. The van der Waals surface area contributed by atoms with Gasteiger partial charge in [0.05, 0.1) is 19.2 Å². The molecule has 3 rings (SSSR count). The molecule has 1 fully saturated rings. The smallest absolute Gasteiger partial charge is 0.237 e. The van der Waals surface area contributed by atoms with Crippen molar-refractivity contribution in [2.75, 3.05) is 51.3 Å². The number of piperazine rings is 1. The van der Waals surface area contributed by atoms with Gasteiger partial charge in [0.1, 0.15) is 5.82 Å². The standard InChI is InChI=1S/C24H32FN3O2/c1-19-6-4-9-23(14-19)27-12-10-26(11-13-27)17-24(29)28(20(2)18-30-3)16-21-7-5-8-22(25)15-21/h4-9,14-15,20H,10-13,16-18H2,1-3H3. The van der Waals surface area contributed by atoms with E-state index >= 15 is 0 Å². The van der Waals surface area contributed by atoms with Gasteiger partial charge < -0.3 is 14.5 Å². The third kappa shape index (κ3) is 6.03. The predicted molar refractivity (Wildman–Crippen MR) is 118 cm³/mol. The van der Waals surface area contributed by atoms with Crippen molar-refractivity contribution in [2.24, 2.45) is 0 Å². The maximum Gasteiger partial charge on any atom is 0.237 e. The highest BCUT2D eigenvalue weighted by atomic mass is 19.1. The SMILES string of the molecule is COCC(C)N(Cc1cccc(F)c1)C(=O)CN1CCN(c2cccc(C)c2)CC1. The van der Waals surface area contributed by atoms with Gasteiger partial charge in [0.25, 0.3) is 0 Å². The molecule has 5 nitrogen and oxygen atoms in total. The minimum atomic E-state index is -0.286. The van der Waals surface area contributed by atoms with Crippen LogP contribution in [0.2, 0.25) is 0 Å². The Hall–Kier alpha value is -2.44. The Labute approximate surface area is 179 Å². The number of carbonyl (C=O) groups excluding carboxylic acids is 1. The molecule has 1 aliphatic heterocycles. The lowest BCUT2D eigenvalue weighted by Gasteiger charge is -2.37. The summed E-state index contributed by atoms with van der Waals surface area (Å²) in [6.45, 7) is 8.74. The number of ether oxygens (including phenoxy) is 1. The van der Waals surface area contributed by atoms with Crippen LogP contribution in [0.5, 0.6) is 0 Å².